The summed E-state index contributed by atoms with van der Waals surface area (Å²) in [6.07, 6.45) is 8.73. The highest BCUT2D eigenvalue weighted by molar-refractivity contribution is 7.99. The normalized spacial score (nSPS) is 25.7. The van der Waals surface area contributed by atoms with Crippen molar-refractivity contribution in [3.05, 3.63) is 0 Å². The number of likely N-dealkylation sites (tertiary alicyclic amines) is 1. The van der Waals surface area contributed by atoms with Crippen LogP contribution in [0.15, 0.2) is 0 Å². The van der Waals surface area contributed by atoms with E-state index in [2.05, 4.69) is 11.8 Å². The number of hydrogen-bond donors (Lipinski definition) is 0. The van der Waals surface area contributed by atoms with Crippen molar-refractivity contribution >= 4 is 17.7 Å². The summed E-state index contributed by atoms with van der Waals surface area (Å²) in [6, 6.07) is 0.594. The van der Waals surface area contributed by atoms with Gasteiger partial charge < -0.3 is 4.90 Å². The molecule has 0 bridgehead atoms. The Kier molecular flexibility index (Phi) is 5.20. The summed E-state index contributed by atoms with van der Waals surface area (Å²) < 4.78 is 0. The van der Waals surface area contributed by atoms with E-state index < -0.39 is 0 Å². The molecule has 1 amide bonds. The minimum Gasteiger partial charge on any atom is -0.339 e. The summed E-state index contributed by atoms with van der Waals surface area (Å²) in [6.45, 7) is 3.18. The summed E-state index contributed by atoms with van der Waals surface area (Å²) in [4.78, 5) is 14.4. The van der Waals surface area contributed by atoms with Crippen LogP contribution in [0.25, 0.3) is 0 Å². The maximum atomic E-state index is 12.2. The van der Waals surface area contributed by atoms with Gasteiger partial charge in [0.25, 0.3) is 0 Å². The predicted octanol–water partition coefficient (Wildman–Crippen LogP) is 3.31. The Labute approximate surface area is 110 Å². The fourth-order valence-electron chi connectivity index (χ4n) is 3.38. The summed E-state index contributed by atoms with van der Waals surface area (Å²) in [5.41, 5.74) is 0. The van der Waals surface area contributed by atoms with E-state index in [1.54, 1.807) is 0 Å². The van der Waals surface area contributed by atoms with Crippen molar-refractivity contribution in [3.63, 3.8) is 0 Å². The van der Waals surface area contributed by atoms with Crippen LogP contribution in [0.3, 0.4) is 0 Å². The van der Waals surface area contributed by atoms with Crippen LogP contribution in [0.4, 0.5) is 0 Å². The first kappa shape index (κ1) is 13.3. The molecule has 2 fully saturated rings. The third-order valence-electron chi connectivity index (χ3n) is 4.23. The second-order valence-electron chi connectivity index (χ2n) is 5.29. The molecule has 1 unspecified atom stereocenters. The van der Waals surface area contributed by atoms with Gasteiger partial charge in [-0.3, -0.25) is 4.79 Å². The van der Waals surface area contributed by atoms with Crippen LogP contribution < -0.4 is 0 Å². The minimum absolute atomic E-state index is 0.417. The largest absolute Gasteiger partial charge is 0.339 e. The molecule has 0 N–H and O–H groups in total. The number of hydrogen-bond acceptors (Lipinski definition) is 2. The first-order chi connectivity index (χ1) is 8.33. The van der Waals surface area contributed by atoms with Gasteiger partial charge in [0, 0.05) is 24.8 Å². The van der Waals surface area contributed by atoms with Gasteiger partial charge in [0.1, 0.15) is 0 Å². The summed E-state index contributed by atoms with van der Waals surface area (Å²) in [5, 5.41) is 0. The van der Waals surface area contributed by atoms with Crippen LogP contribution in [0.5, 0.6) is 0 Å². The maximum Gasteiger partial charge on any atom is 0.223 e. The summed E-state index contributed by atoms with van der Waals surface area (Å²) in [5.74, 6) is 3.36. The average molecular weight is 255 g/mol. The molecule has 0 spiro atoms. The smallest absolute Gasteiger partial charge is 0.223 e. The summed E-state index contributed by atoms with van der Waals surface area (Å²) >= 11 is 1.88. The molecule has 2 aliphatic rings. The van der Waals surface area contributed by atoms with Crippen molar-refractivity contribution in [2.75, 3.05) is 18.1 Å². The lowest BCUT2D eigenvalue weighted by Gasteiger charge is -2.29. The fourth-order valence-corrected chi connectivity index (χ4v) is 3.99. The Hall–Kier alpha value is -0.180. The topological polar surface area (TPSA) is 20.3 Å². The quantitative estimate of drug-likeness (QED) is 0.702. The average Bonchev–Trinajstić information content (AvgIpc) is 2.99. The molecule has 17 heavy (non-hydrogen) atoms. The van der Waals surface area contributed by atoms with Gasteiger partial charge in [0.05, 0.1) is 0 Å². The Bertz CT molecular complexity index is 251. The molecular formula is C14H25NOS. The van der Waals surface area contributed by atoms with E-state index in [9.17, 15) is 4.79 Å². The van der Waals surface area contributed by atoms with Crippen LogP contribution in [-0.2, 0) is 4.79 Å². The number of carbonyl (C=O) groups excluding carboxylic acids is 1. The molecule has 1 aliphatic heterocycles. The zero-order chi connectivity index (χ0) is 12.1. The SMILES string of the molecule is CCSCCC(=O)N1CCCC1C1CCCC1. The number of thioether (sulfide) groups is 1. The van der Waals surface area contributed by atoms with Crippen LogP contribution in [0, 0.1) is 5.92 Å². The van der Waals surface area contributed by atoms with Crippen molar-refractivity contribution in [2.24, 2.45) is 5.92 Å². The van der Waals surface area contributed by atoms with Gasteiger partial charge in [-0.05, 0) is 37.4 Å². The molecule has 2 nitrogen and oxygen atoms in total. The van der Waals surface area contributed by atoms with Crippen molar-refractivity contribution < 1.29 is 4.79 Å². The lowest BCUT2D eigenvalue weighted by molar-refractivity contribution is -0.132. The molecule has 0 aromatic rings. The Morgan fingerprint density at radius 1 is 1.24 bits per heavy atom. The van der Waals surface area contributed by atoms with Crippen LogP contribution in [0.1, 0.15) is 51.9 Å². The van der Waals surface area contributed by atoms with Crippen molar-refractivity contribution in [1.82, 2.24) is 4.90 Å². The van der Waals surface area contributed by atoms with E-state index in [0.29, 0.717) is 11.9 Å². The first-order valence-corrected chi connectivity index (χ1v) is 8.35. The zero-order valence-electron chi connectivity index (χ0n) is 11.0. The van der Waals surface area contributed by atoms with Gasteiger partial charge >= 0.3 is 0 Å². The highest BCUT2D eigenvalue weighted by Crippen LogP contribution is 2.35. The monoisotopic (exact) mass is 255 g/mol. The lowest BCUT2D eigenvalue weighted by Crippen LogP contribution is -2.39. The van der Waals surface area contributed by atoms with Crippen LogP contribution in [0.2, 0.25) is 0 Å². The Morgan fingerprint density at radius 3 is 2.71 bits per heavy atom. The van der Waals surface area contributed by atoms with Gasteiger partial charge in [0.15, 0.2) is 0 Å². The van der Waals surface area contributed by atoms with Gasteiger partial charge in [-0.2, -0.15) is 11.8 Å². The van der Waals surface area contributed by atoms with Gasteiger partial charge in [-0.1, -0.05) is 19.8 Å². The number of nitrogens with zero attached hydrogens (tertiary/aromatic N) is 1. The minimum atomic E-state index is 0.417. The van der Waals surface area contributed by atoms with Crippen molar-refractivity contribution in [1.29, 1.82) is 0 Å². The van der Waals surface area contributed by atoms with Gasteiger partial charge in [-0.25, -0.2) is 0 Å². The molecule has 98 valence electrons. The molecule has 1 saturated carbocycles. The van der Waals surface area contributed by atoms with Gasteiger partial charge in [0.2, 0.25) is 5.91 Å². The highest BCUT2D eigenvalue weighted by Gasteiger charge is 2.35. The first-order valence-electron chi connectivity index (χ1n) is 7.20. The van der Waals surface area contributed by atoms with Crippen molar-refractivity contribution in [3.8, 4) is 0 Å². The van der Waals surface area contributed by atoms with Crippen LogP contribution >= 0.6 is 11.8 Å². The molecule has 1 aliphatic carbocycles. The fraction of sp³-hybridized carbons (Fsp3) is 0.929. The molecule has 1 saturated heterocycles. The molecule has 1 heterocycles. The van der Waals surface area contributed by atoms with E-state index in [-0.39, 0.29) is 0 Å². The molecule has 2 rings (SSSR count). The van der Waals surface area contributed by atoms with E-state index in [1.165, 1.54) is 38.5 Å². The third-order valence-corrected chi connectivity index (χ3v) is 5.13. The number of amides is 1. The standard InChI is InChI=1S/C14H25NOS/c1-2-17-11-9-14(16)15-10-5-8-13(15)12-6-3-4-7-12/h12-13H,2-11H2,1H3. The summed E-state index contributed by atoms with van der Waals surface area (Å²) in [7, 11) is 0. The highest BCUT2D eigenvalue weighted by atomic mass is 32.2. The molecule has 0 radical (unpaired) electrons. The Balaban J connectivity index is 1.83. The van der Waals surface area contributed by atoms with Crippen molar-refractivity contribution in [2.45, 2.75) is 57.9 Å². The number of rotatable bonds is 5. The number of carbonyl (C=O) groups is 1. The lowest BCUT2D eigenvalue weighted by atomic mass is 9.96. The van der Waals surface area contributed by atoms with Gasteiger partial charge in [-0.15, -0.1) is 0 Å². The van der Waals surface area contributed by atoms with E-state index in [0.717, 1.165) is 30.4 Å². The van der Waals surface area contributed by atoms with E-state index in [4.69, 9.17) is 0 Å². The van der Waals surface area contributed by atoms with Crippen LogP contribution in [-0.4, -0.2) is 34.9 Å². The molecule has 1 atom stereocenters. The predicted molar refractivity (Wildman–Crippen MR) is 74.3 cm³/mol. The second-order valence-corrected chi connectivity index (χ2v) is 6.68. The van der Waals surface area contributed by atoms with E-state index >= 15 is 0 Å². The zero-order valence-corrected chi connectivity index (χ0v) is 11.8. The molecular weight excluding hydrogens is 230 g/mol. The molecule has 0 aromatic carbocycles. The second kappa shape index (κ2) is 6.67. The molecule has 0 aromatic heterocycles. The van der Waals surface area contributed by atoms with E-state index in [1.807, 2.05) is 11.8 Å². The maximum absolute atomic E-state index is 12.2. The third kappa shape index (κ3) is 3.40. The molecule has 3 heteroatoms. The Morgan fingerprint density at radius 2 is 2.00 bits per heavy atom.